The molecule has 2 N–H and O–H groups in total. The van der Waals surface area contributed by atoms with Crippen LogP contribution in [0.2, 0.25) is 0 Å². The molecule has 18 heavy (non-hydrogen) atoms. The summed E-state index contributed by atoms with van der Waals surface area (Å²) in [6.45, 7) is 3.10. The van der Waals surface area contributed by atoms with Crippen LogP contribution in [0.4, 0.5) is 0 Å². The molecular weight excluding hydrogens is 242 g/mol. The summed E-state index contributed by atoms with van der Waals surface area (Å²) in [5, 5.41) is 15.1. The van der Waals surface area contributed by atoms with E-state index in [1.54, 1.807) is 17.4 Å². The molecule has 0 saturated heterocycles. The van der Waals surface area contributed by atoms with Crippen molar-refractivity contribution in [2.45, 2.75) is 25.8 Å². The number of phenolic OH excluding ortho intramolecular Hbond substituents is 1. The minimum absolute atomic E-state index is 0.346. The summed E-state index contributed by atoms with van der Waals surface area (Å²) < 4.78 is 0. The Hall–Kier alpha value is -1.32. The number of hydrogen-bond acceptors (Lipinski definition) is 3. The van der Waals surface area contributed by atoms with E-state index in [1.807, 2.05) is 12.1 Å². The number of aromatic hydroxyl groups is 1. The molecule has 3 heteroatoms. The second-order valence-corrected chi connectivity index (χ2v) is 5.44. The van der Waals surface area contributed by atoms with E-state index in [9.17, 15) is 5.11 Å². The van der Waals surface area contributed by atoms with Crippen molar-refractivity contribution in [2.24, 2.45) is 0 Å². The van der Waals surface area contributed by atoms with Gasteiger partial charge >= 0.3 is 0 Å². The van der Waals surface area contributed by atoms with Crippen LogP contribution in [-0.4, -0.2) is 17.7 Å². The van der Waals surface area contributed by atoms with Crippen molar-refractivity contribution in [2.75, 3.05) is 6.54 Å². The molecule has 2 aromatic rings. The summed E-state index contributed by atoms with van der Waals surface area (Å²) in [4.78, 5) is 1.40. The Bertz CT molecular complexity index is 467. The highest BCUT2D eigenvalue weighted by Gasteiger charge is 2.10. The van der Waals surface area contributed by atoms with Crippen molar-refractivity contribution in [1.29, 1.82) is 0 Å². The molecule has 2 nitrogen and oxygen atoms in total. The molecule has 0 aliphatic rings. The van der Waals surface area contributed by atoms with Crippen molar-refractivity contribution >= 4 is 11.3 Å². The minimum Gasteiger partial charge on any atom is -0.508 e. The van der Waals surface area contributed by atoms with Gasteiger partial charge in [0.1, 0.15) is 5.75 Å². The number of hydrogen-bond donors (Lipinski definition) is 2. The van der Waals surface area contributed by atoms with Gasteiger partial charge in [0.05, 0.1) is 0 Å². The maximum absolute atomic E-state index is 9.49. The lowest BCUT2D eigenvalue weighted by Gasteiger charge is -2.17. The Kier molecular flexibility index (Phi) is 4.79. The third-order valence-electron chi connectivity index (χ3n) is 2.91. The molecular formula is C15H19NOS. The summed E-state index contributed by atoms with van der Waals surface area (Å²) in [5.41, 5.74) is 1.18. The van der Waals surface area contributed by atoms with E-state index in [-0.39, 0.29) is 0 Å². The molecule has 0 aliphatic carbocycles. The smallest absolute Gasteiger partial charge is 0.115 e. The predicted molar refractivity (Wildman–Crippen MR) is 77.3 cm³/mol. The molecule has 1 aromatic heterocycles. The maximum atomic E-state index is 9.49. The standard InChI is InChI=1S/C15H19NOS/c1-2-16-13(11-15-7-4-8-18-15)9-12-5-3-6-14(17)10-12/h3-8,10,13,16-17H,2,9,11H2,1H3. The number of benzene rings is 1. The fraction of sp³-hybridized carbons (Fsp3) is 0.333. The predicted octanol–water partition coefficient (Wildman–Crippen LogP) is 3.22. The van der Waals surface area contributed by atoms with Gasteiger partial charge in [0.2, 0.25) is 0 Å². The summed E-state index contributed by atoms with van der Waals surface area (Å²) in [7, 11) is 0. The van der Waals surface area contributed by atoms with Gasteiger partial charge in [-0.05, 0) is 48.5 Å². The van der Waals surface area contributed by atoms with Crippen LogP contribution < -0.4 is 5.32 Å². The van der Waals surface area contributed by atoms with Crippen molar-refractivity contribution in [1.82, 2.24) is 5.32 Å². The molecule has 0 radical (unpaired) electrons. The van der Waals surface area contributed by atoms with Gasteiger partial charge in [-0.3, -0.25) is 0 Å². The Balaban J connectivity index is 2.01. The molecule has 96 valence electrons. The van der Waals surface area contributed by atoms with E-state index >= 15 is 0 Å². The first-order valence-electron chi connectivity index (χ1n) is 6.31. The van der Waals surface area contributed by atoms with Gasteiger partial charge in [0.25, 0.3) is 0 Å². The monoisotopic (exact) mass is 261 g/mol. The minimum atomic E-state index is 0.346. The van der Waals surface area contributed by atoms with Crippen LogP contribution in [0.15, 0.2) is 41.8 Å². The van der Waals surface area contributed by atoms with Gasteiger partial charge in [0, 0.05) is 10.9 Å². The van der Waals surface area contributed by atoms with Gasteiger partial charge in [-0.15, -0.1) is 11.3 Å². The van der Waals surface area contributed by atoms with Gasteiger partial charge in [-0.25, -0.2) is 0 Å². The zero-order chi connectivity index (χ0) is 12.8. The third-order valence-corrected chi connectivity index (χ3v) is 3.81. The van der Waals surface area contributed by atoms with Gasteiger partial charge in [-0.2, -0.15) is 0 Å². The van der Waals surface area contributed by atoms with Crippen molar-refractivity contribution < 1.29 is 5.11 Å². The second kappa shape index (κ2) is 6.57. The molecule has 1 heterocycles. The highest BCUT2D eigenvalue weighted by Crippen LogP contribution is 2.16. The lowest BCUT2D eigenvalue weighted by molar-refractivity contribution is 0.472. The summed E-state index contributed by atoms with van der Waals surface area (Å²) in [5.74, 6) is 0.346. The molecule has 0 aliphatic heterocycles. The first-order chi connectivity index (χ1) is 8.78. The number of nitrogens with one attached hydrogen (secondary N) is 1. The fourth-order valence-corrected chi connectivity index (χ4v) is 2.93. The number of rotatable bonds is 6. The van der Waals surface area contributed by atoms with E-state index in [4.69, 9.17) is 0 Å². The van der Waals surface area contributed by atoms with E-state index in [2.05, 4.69) is 35.8 Å². The normalized spacial score (nSPS) is 12.5. The summed E-state index contributed by atoms with van der Waals surface area (Å²) >= 11 is 1.80. The number of likely N-dealkylation sites (N-methyl/N-ethyl adjacent to an activating group) is 1. The van der Waals surface area contributed by atoms with E-state index < -0.39 is 0 Å². The summed E-state index contributed by atoms with van der Waals surface area (Å²) in [6, 6.07) is 12.2. The molecule has 1 aromatic carbocycles. The number of thiophene rings is 1. The lowest BCUT2D eigenvalue weighted by atomic mass is 10.0. The topological polar surface area (TPSA) is 32.3 Å². The van der Waals surface area contributed by atoms with Crippen molar-refractivity contribution in [3.63, 3.8) is 0 Å². The molecule has 0 amide bonds. The highest BCUT2D eigenvalue weighted by molar-refractivity contribution is 7.09. The maximum Gasteiger partial charge on any atom is 0.115 e. The number of phenols is 1. The van der Waals surface area contributed by atoms with Crippen LogP contribution in [-0.2, 0) is 12.8 Å². The molecule has 1 atom stereocenters. The lowest BCUT2D eigenvalue weighted by Crippen LogP contribution is -2.32. The zero-order valence-corrected chi connectivity index (χ0v) is 11.4. The summed E-state index contributed by atoms with van der Waals surface area (Å²) in [6.07, 6.45) is 1.99. The van der Waals surface area contributed by atoms with Crippen LogP contribution in [0.5, 0.6) is 5.75 Å². The third kappa shape index (κ3) is 3.86. The molecule has 0 spiro atoms. The Morgan fingerprint density at radius 3 is 2.78 bits per heavy atom. The van der Waals surface area contributed by atoms with Crippen LogP contribution in [0.1, 0.15) is 17.4 Å². The van der Waals surface area contributed by atoms with Crippen molar-refractivity contribution in [3.8, 4) is 5.75 Å². The van der Waals surface area contributed by atoms with Gasteiger partial charge < -0.3 is 10.4 Å². The van der Waals surface area contributed by atoms with Gasteiger partial charge in [0.15, 0.2) is 0 Å². The van der Waals surface area contributed by atoms with Crippen LogP contribution in [0, 0.1) is 0 Å². The molecule has 0 saturated carbocycles. The first-order valence-corrected chi connectivity index (χ1v) is 7.19. The molecule has 0 fully saturated rings. The molecule has 0 bridgehead atoms. The highest BCUT2D eigenvalue weighted by atomic mass is 32.1. The van der Waals surface area contributed by atoms with Crippen molar-refractivity contribution in [3.05, 3.63) is 52.2 Å². The average Bonchev–Trinajstić information content (AvgIpc) is 2.82. The van der Waals surface area contributed by atoms with Crippen LogP contribution in [0.3, 0.4) is 0 Å². The molecule has 2 rings (SSSR count). The molecule has 1 unspecified atom stereocenters. The van der Waals surface area contributed by atoms with E-state index in [0.29, 0.717) is 11.8 Å². The largest absolute Gasteiger partial charge is 0.508 e. The fourth-order valence-electron chi connectivity index (χ4n) is 2.14. The Morgan fingerprint density at radius 2 is 2.11 bits per heavy atom. The zero-order valence-electron chi connectivity index (χ0n) is 10.6. The quantitative estimate of drug-likeness (QED) is 0.837. The van der Waals surface area contributed by atoms with E-state index in [1.165, 1.54) is 10.4 Å². The first kappa shape index (κ1) is 13.1. The van der Waals surface area contributed by atoms with Crippen LogP contribution >= 0.6 is 11.3 Å². The van der Waals surface area contributed by atoms with Crippen LogP contribution in [0.25, 0.3) is 0 Å². The average molecular weight is 261 g/mol. The SMILES string of the molecule is CCNC(Cc1cccc(O)c1)Cc1cccs1. The van der Waals surface area contributed by atoms with E-state index in [0.717, 1.165) is 19.4 Å². The Morgan fingerprint density at radius 1 is 1.22 bits per heavy atom. The second-order valence-electron chi connectivity index (χ2n) is 4.41. The van der Waals surface area contributed by atoms with Gasteiger partial charge in [-0.1, -0.05) is 25.1 Å². The Labute approximate surface area is 112 Å².